The highest BCUT2D eigenvalue weighted by molar-refractivity contribution is 4.84. The molecule has 84 valence electrons. The second-order valence-corrected chi connectivity index (χ2v) is 3.98. The predicted molar refractivity (Wildman–Crippen MR) is 56.6 cm³/mol. The van der Waals surface area contributed by atoms with E-state index in [1.165, 1.54) is 12.8 Å². The van der Waals surface area contributed by atoms with Gasteiger partial charge < -0.3 is 15.2 Å². The zero-order chi connectivity index (χ0) is 10.5. The van der Waals surface area contributed by atoms with Crippen LogP contribution in [0.3, 0.4) is 0 Å². The number of aryl methyl sites for hydroxylation is 1. The second kappa shape index (κ2) is 5.23. The molecule has 0 saturated carbocycles. The van der Waals surface area contributed by atoms with Crippen LogP contribution in [-0.4, -0.2) is 35.8 Å². The van der Waals surface area contributed by atoms with Gasteiger partial charge in [0, 0.05) is 25.6 Å². The fraction of sp³-hybridized carbons (Fsp3) is 0.800. The van der Waals surface area contributed by atoms with E-state index in [0.717, 1.165) is 31.9 Å². The Morgan fingerprint density at radius 2 is 2.53 bits per heavy atom. The minimum Gasteiger partial charge on any atom is -0.339 e. The summed E-state index contributed by atoms with van der Waals surface area (Å²) in [7, 11) is 0. The van der Waals surface area contributed by atoms with Crippen molar-refractivity contribution in [3.05, 3.63) is 11.7 Å². The van der Waals surface area contributed by atoms with Gasteiger partial charge in [0.2, 0.25) is 5.89 Å². The van der Waals surface area contributed by atoms with Crippen molar-refractivity contribution in [2.75, 3.05) is 19.6 Å². The van der Waals surface area contributed by atoms with Crippen LogP contribution in [0.4, 0.5) is 0 Å². The summed E-state index contributed by atoms with van der Waals surface area (Å²) in [5.41, 5.74) is 0. The van der Waals surface area contributed by atoms with Crippen molar-refractivity contribution in [3.8, 4) is 0 Å². The standard InChI is InChI=1S/C10H18N4O/c1-8-13-10(15-14-8)4-6-11-7-9-3-2-5-12-9/h9,11-12H,2-7H2,1H3. The fourth-order valence-electron chi connectivity index (χ4n) is 1.84. The van der Waals surface area contributed by atoms with Crippen LogP contribution in [0.2, 0.25) is 0 Å². The van der Waals surface area contributed by atoms with Crippen LogP contribution in [0.25, 0.3) is 0 Å². The molecular weight excluding hydrogens is 192 g/mol. The lowest BCUT2D eigenvalue weighted by Gasteiger charge is -2.10. The molecule has 1 atom stereocenters. The van der Waals surface area contributed by atoms with Crippen LogP contribution in [0.5, 0.6) is 0 Å². The molecule has 1 fully saturated rings. The van der Waals surface area contributed by atoms with Crippen LogP contribution in [0.15, 0.2) is 4.52 Å². The van der Waals surface area contributed by atoms with Gasteiger partial charge in [-0.25, -0.2) is 0 Å². The average molecular weight is 210 g/mol. The van der Waals surface area contributed by atoms with E-state index in [0.29, 0.717) is 11.9 Å². The van der Waals surface area contributed by atoms with Gasteiger partial charge in [0.1, 0.15) is 0 Å². The van der Waals surface area contributed by atoms with Crippen molar-refractivity contribution in [2.45, 2.75) is 32.2 Å². The maximum absolute atomic E-state index is 5.02. The molecule has 2 heterocycles. The Hall–Kier alpha value is -0.940. The van der Waals surface area contributed by atoms with Gasteiger partial charge in [0.15, 0.2) is 5.82 Å². The molecule has 0 aromatic carbocycles. The van der Waals surface area contributed by atoms with Gasteiger partial charge in [-0.3, -0.25) is 0 Å². The minimum atomic E-state index is 0.648. The van der Waals surface area contributed by atoms with E-state index in [1.807, 2.05) is 6.92 Å². The first-order valence-corrected chi connectivity index (χ1v) is 5.58. The maximum Gasteiger partial charge on any atom is 0.227 e. The summed E-state index contributed by atoms with van der Waals surface area (Å²) in [4.78, 5) is 4.15. The topological polar surface area (TPSA) is 63.0 Å². The monoisotopic (exact) mass is 210 g/mol. The van der Waals surface area contributed by atoms with Crippen molar-refractivity contribution in [3.63, 3.8) is 0 Å². The smallest absolute Gasteiger partial charge is 0.227 e. The van der Waals surface area contributed by atoms with Crippen LogP contribution < -0.4 is 10.6 Å². The first-order chi connectivity index (χ1) is 7.34. The third kappa shape index (κ3) is 3.28. The van der Waals surface area contributed by atoms with Crippen molar-refractivity contribution in [1.82, 2.24) is 20.8 Å². The van der Waals surface area contributed by atoms with Crippen LogP contribution in [0.1, 0.15) is 24.6 Å². The number of hydrogen-bond acceptors (Lipinski definition) is 5. The van der Waals surface area contributed by atoms with Crippen LogP contribution in [0, 0.1) is 6.92 Å². The number of rotatable bonds is 5. The molecule has 0 spiro atoms. The lowest BCUT2D eigenvalue weighted by atomic mass is 10.2. The highest BCUT2D eigenvalue weighted by atomic mass is 16.5. The Morgan fingerprint density at radius 1 is 1.60 bits per heavy atom. The highest BCUT2D eigenvalue weighted by Crippen LogP contribution is 2.03. The molecule has 0 bridgehead atoms. The zero-order valence-corrected chi connectivity index (χ0v) is 9.12. The van der Waals surface area contributed by atoms with Gasteiger partial charge in [-0.15, -0.1) is 0 Å². The van der Waals surface area contributed by atoms with Crippen molar-refractivity contribution in [1.29, 1.82) is 0 Å². The van der Waals surface area contributed by atoms with Crippen molar-refractivity contribution >= 4 is 0 Å². The lowest BCUT2D eigenvalue weighted by Crippen LogP contribution is -2.34. The molecule has 1 unspecified atom stereocenters. The van der Waals surface area contributed by atoms with Gasteiger partial charge in [-0.2, -0.15) is 4.98 Å². The summed E-state index contributed by atoms with van der Waals surface area (Å²) in [6, 6.07) is 0.648. The van der Waals surface area contributed by atoms with Crippen LogP contribution in [-0.2, 0) is 6.42 Å². The molecule has 5 heteroatoms. The van der Waals surface area contributed by atoms with Crippen LogP contribution >= 0.6 is 0 Å². The number of nitrogens with one attached hydrogen (secondary N) is 2. The summed E-state index contributed by atoms with van der Waals surface area (Å²) in [5, 5.41) is 10.6. The maximum atomic E-state index is 5.02. The third-order valence-electron chi connectivity index (χ3n) is 2.64. The van der Waals surface area contributed by atoms with Gasteiger partial charge in [-0.1, -0.05) is 5.16 Å². The molecule has 15 heavy (non-hydrogen) atoms. The summed E-state index contributed by atoms with van der Waals surface area (Å²) in [6.45, 7) is 4.94. The molecule has 0 aliphatic carbocycles. The Balaban J connectivity index is 1.58. The second-order valence-electron chi connectivity index (χ2n) is 3.98. The minimum absolute atomic E-state index is 0.648. The molecule has 1 aliphatic heterocycles. The summed E-state index contributed by atoms with van der Waals surface area (Å²) in [6.07, 6.45) is 3.40. The molecule has 1 aromatic rings. The molecule has 5 nitrogen and oxygen atoms in total. The molecule has 1 aromatic heterocycles. The summed E-state index contributed by atoms with van der Waals surface area (Å²) < 4.78 is 5.02. The summed E-state index contributed by atoms with van der Waals surface area (Å²) in [5.74, 6) is 1.43. The van der Waals surface area contributed by atoms with E-state index in [4.69, 9.17) is 4.52 Å². The van der Waals surface area contributed by atoms with Crippen molar-refractivity contribution < 1.29 is 4.52 Å². The summed E-state index contributed by atoms with van der Waals surface area (Å²) >= 11 is 0. The number of aromatic nitrogens is 2. The molecule has 2 N–H and O–H groups in total. The average Bonchev–Trinajstić information content (AvgIpc) is 2.84. The van der Waals surface area contributed by atoms with E-state index in [2.05, 4.69) is 20.8 Å². The first-order valence-electron chi connectivity index (χ1n) is 5.58. The van der Waals surface area contributed by atoms with Crippen molar-refractivity contribution in [2.24, 2.45) is 0 Å². The Kier molecular flexibility index (Phi) is 3.69. The molecule has 2 rings (SSSR count). The molecule has 0 radical (unpaired) electrons. The van der Waals surface area contributed by atoms with Gasteiger partial charge in [-0.05, 0) is 26.3 Å². The quantitative estimate of drug-likeness (QED) is 0.683. The number of nitrogens with zero attached hydrogens (tertiary/aromatic N) is 2. The Morgan fingerprint density at radius 3 is 3.20 bits per heavy atom. The molecule has 1 aliphatic rings. The fourth-order valence-corrected chi connectivity index (χ4v) is 1.84. The van der Waals surface area contributed by atoms with E-state index < -0.39 is 0 Å². The zero-order valence-electron chi connectivity index (χ0n) is 9.12. The molecular formula is C10H18N4O. The Bertz CT molecular complexity index is 293. The van der Waals surface area contributed by atoms with E-state index in [1.54, 1.807) is 0 Å². The van der Waals surface area contributed by atoms with Gasteiger partial charge in [0.25, 0.3) is 0 Å². The van der Waals surface area contributed by atoms with E-state index in [-0.39, 0.29) is 0 Å². The molecule has 0 amide bonds. The SMILES string of the molecule is Cc1noc(CCNCC2CCCN2)n1. The van der Waals surface area contributed by atoms with E-state index in [9.17, 15) is 0 Å². The van der Waals surface area contributed by atoms with Gasteiger partial charge >= 0.3 is 0 Å². The lowest BCUT2D eigenvalue weighted by molar-refractivity contribution is 0.371. The van der Waals surface area contributed by atoms with E-state index >= 15 is 0 Å². The largest absolute Gasteiger partial charge is 0.339 e. The predicted octanol–water partition coefficient (Wildman–Crippen LogP) is 0.262. The highest BCUT2D eigenvalue weighted by Gasteiger charge is 2.12. The number of hydrogen-bond donors (Lipinski definition) is 2. The Labute approximate surface area is 89.6 Å². The van der Waals surface area contributed by atoms with Gasteiger partial charge in [0.05, 0.1) is 0 Å². The first kappa shape index (κ1) is 10.6. The third-order valence-corrected chi connectivity index (χ3v) is 2.64. The molecule has 1 saturated heterocycles. The normalized spacial score (nSPS) is 21.0.